The molecule has 24 heavy (non-hydrogen) atoms. The second-order valence-corrected chi connectivity index (χ2v) is 6.49. The molecule has 2 aromatic carbocycles. The van der Waals surface area contributed by atoms with Gasteiger partial charge in [0.25, 0.3) is 5.91 Å². The first-order chi connectivity index (χ1) is 11.6. The Morgan fingerprint density at radius 3 is 2.38 bits per heavy atom. The summed E-state index contributed by atoms with van der Waals surface area (Å²) in [5, 5.41) is 0.684. The lowest BCUT2D eigenvalue weighted by Gasteiger charge is -2.07. The smallest absolute Gasteiger partial charge is 0.266 e. The maximum atomic E-state index is 12.4. The van der Waals surface area contributed by atoms with Gasteiger partial charge in [0.2, 0.25) is 0 Å². The van der Waals surface area contributed by atoms with Crippen molar-refractivity contribution in [1.29, 1.82) is 0 Å². The predicted octanol–water partition coefficient (Wildman–Crippen LogP) is 4.24. The van der Waals surface area contributed by atoms with E-state index in [1.165, 1.54) is 17.3 Å². The van der Waals surface area contributed by atoms with Crippen molar-refractivity contribution in [3.63, 3.8) is 0 Å². The van der Waals surface area contributed by atoms with Gasteiger partial charge in [-0.05, 0) is 54.6 Å². The number of amidine groups is 1. The number of carbonyl (C=O) groups excluding carboxylic acids is 1. The average Bonchev–Trinajstić information content (AvgIpc) is 2.86. The molecule has 1 aliphatic rings. The number of methoxy groups -OCH3 is 1. The highest BCUT2D eigenvalue weighted by Gasteiger charge is 2.30. The summed E-state index contributed by atoms with van der Waals surface area (Å²) in [6.07, 6.45) is 1.88. The van der Waals surface area contributed by atoms with E-state index in [4.69, 9.17) is 4.74 Å². The van der Waals surface area contributed by atoms with E-state index < -0.39 is 0 Å². The predicted molar refractivity (Wildman–Crippen MR) is 99.6 cm³/mol. The van der Waals surface area contributed by atoms with Gasteiger partial charge in [-0.25, -0.2) is 4.99 Å². The molecular formula is C19H18N2O2S. The Balaban J connectivity index is 1.85. The van der Waals surface area contributed by atoms with Gasteiger partial charge in [0.1, 0.15) is 5.75 Å². The molecule has 1 aliphatic heterocycles. The molecule has 0 aliphatic carbocycles. The fraction of sp³-hybridized carbons (Fsp3) is 0.158. The molecule has 122 valence electrons. The Labute approximate surface area is 145 Å². The summed E-state index contributed by atoms with van der Waals surface area (Å²) in [6.45, 7) is 2.03. The molecule has 1 heterocycles. The molecular weight excluding hydrogens is 320 g/mol. The van der Waals surface area contributed by atoms with Crippen LogP contribution in [0.5, 0.6) is 5.75 Å². The molecule has 4 nitrogen and oxygen atoms in total. The number of aliphatic imine (C=N–C) groups is 1. The number of carbonyl (C=O) groups is 1. The standard InChI is InChI=1S/C19H18N2O2S/c1-13-4-8-15(9-5-13)20-19-21(2)18(22)17(24-19)12-14-6-10-16(23-3)11-7-14/h4-12H,1-3H3/b17-12+,20-19?. The third kappa shape index (κ3) is 3.51. The average molecular weight is 338 g/mol. The number of ether oxygens (including phenoxy) is 1. The van der Waals surface area contributed by atoms with Crippen molar-refractivity contribution in [3.05, 3.63) is 64.6 Å². The molecule has 0 radical (unpaired) electrons. The quantitative estimate of drug-likeness (QED) is 0.786. The molecule has 0 bridgehead atoms. The fourth-order valence-electron chi connectivity index (χ4n) is 2.23. The second kappa shape index (κ2) is 6.93. The largest absolute Gasteiger partial charge is 0.497 e. The Morgan fingerprint density at radius 1 is 1.08 bits per heavy atom. The van der Waals surface area contributed by atoms with Gasteiger partial charge in [0.15, 0.2) is 5.17 Å². The van der Waals surface area contributed by atoms with E-state index in [0.717, 1.165) is 17.0 Å². The van der Waals surface area contributed by atoms with Crippen LogP contribution in [0.1, 0.15) is 11.1 Å². The third-order valence-corrected chi connectivity index (χ3v) is 4.74. The first-order valence-corrected chi connectivity index (χ1v) is 8.35. The van der Waals surface area contributed by atoms with E-state index in [0.29, 0.717) is 10.1 Å². The van der Waals surface area contributed by atoms with Crippen molar-refractivity contribution in [1.82, 2.24) is 4.90 Å². The Morgan fingerprint density at radius 2 is 1.75 bits per heavy atom. The van der Waals surface area contributed by atoms with Crippen molar-refractivity contribution >= 4 is 34.6 Å². The summed E-state index contributed by atoms with van der Waals surface area (Å²) in [4.78, 5) is 19.2. The maximum Gasteiger partial charge on any atom is 0.266 e. The Kier molecular flexibility index (Phi) is 4.71. The highest BCUT2D eigenvalue weighted by atomic mass is 32.2. The SMILES string of the molecule is COc1ccc(/C=C2/SC(=Nc3ccc(C)cc3)N(C)C2=O)cc1. The van der Waals surface area contributed by atoms with Crippen LogP contribution in [0.15, 0.2) is 58.4 Å². The number of likely N-dealkylation sites (N-methyl/N-ethyl adjacent to an activating group) is 1. The van der Waals surface area contributed by atoms with Crippen LogP contribution in [0.25, 0.3) is 6.08 Å². The normalized spacial score (nSPS) is 17.8. The van der Waals surface area contributed by atoms with E-state index in [1.807, 2.05) is 61.5 Å². The molecule has 3 rings (SSSR count). The summed E-state index contributed by atoms with van der Waals surface area (Å²) >= 11 is 1.39. The number of aryl methyl sites for hydroxylation is 1. The van der Waals surface area contributed by atoms with Crippen LogP contribution in [0.4, 0.5) is 5.69 Å². The van der Waals surface area contributed by atoms with Gasteiger partial charge in [-0.2, -0.15) is 0 Å². The summed E-state index contributed by atoms with van der Waals surface area (Å²) in [6, 6.07) is 15.5. The fourth-order valence-corrected chi connectivity index (χ4v) is 3.22. The van der Waals surface area contributed by atoms with Crippen LogP contribution in [-0.2, 0) is 4.79 Å². The van der Waals surface area contributed by atoms with Gasteiger partial charge in [-0.15, -0.1) is 0 Å². The molecule has 0 spiro atoms. The van der Waals surface area contributed by atoms with Gasteiger partial charge in [0, 0.05) is 7.05 Å². The summed E-state index contributed by atoms with van der Waals surface area (Å²) in [5.74, 6) is 0.753. The summed E-state index contributed by atoms with van der Waals surface area (Å²) < 4.78 is 5.15. The molecule has 5 heteroatoms. The zero-order chi connectivity index (χ0) is 17.1. The first kappa shape index (κ1) is 16.3. The molecule has 0 saturated carbocycles. The highest BCUT2D eigenvalue weighted by molar-refractivity contribution is 8.18. The lowest BCUT2D eigenvalue weighted by Crippen LogP contribution is -2.23. The number of hydrogen-bond donors (Lipinski definition) is 0. The maximum absolute atomic E-state index is 12.4. The molecule has 0 atom stereocenters. The minimum atomic E-state index is -0.0401. The molecule has 1 amide bonds. The number of thioether (sulfide) groups is 1. The van der Waals surface area contributed by atoms with E-state index in [9.17, 15) is 4.79 Å². The number of rotatable bonds is 3. The van der Waals surface area contributed by atoms with Crippen LogP contribution < -0.4 is 4.74 Å². The molecule has 0 N–H and O–H groups in total. The molecule has 1 saturated heterocycles. The number of benzene rings is 2. The number of nitrogens with zero attached hydrogens (tertiary/aromatic N) is 2. The van der Waals surface area contributed by atoms with E-state index >= 15 is 0 Å². The van der Waals surface area contributed by atoms with Crippen LogP contribution >= 0.6 is 11.8 Å². The lowest BCUT2D eigenvalue weighted by molar-refractivity contribution is -0.121. The van der Waals surface area contributed by atoms with Gasteiger partial charge >= 0.3 is 0 Å². The summed E-state index contributed by atoms with van der Waals surface area (Å²) in [7, 11) is 3.38. The minimum Gasteiger partial charge on any atom is -0.497 e. The topological polar surface area (TPSA) is 41.9 Å². The zero-order valence-corrected chi connectivity index (χ0v) is 14.6. The van der Waals surface area contributed by atoms with Crippen molar-refractivity contribution in [2.24, 2.45) is 4.99 Å². The summed E-state index contributed by atoms with van der Waals surface area (Å²) in [5.41, 5.74) is 2.98. The van der Waals surface area contributed by atoms with Gasteiger partial charge < -0.3 is 4.74 Å². The van der Waals surface area contributed by atoms with Crippen molar-refractivity contribution in [3.8, 4) is 5.75 Å². The van der Waals surface area contributed by atoms with Crippen LogP contribution in [-0.4, -0.2) is 30.1 Å². The van der Waals surface area contributed by atoms with E-state index in [1.54, 1.807) is 19.1 Å². The monoisotopic (exact) mass is 338 g/mol. The molecule has 0 aromatic heterocycles. The minimum absolute atomic E-state index is 0.0401. The van der Waals surface area contributed by atoms with Crippen molar-refractivity contribution in [2.45, 2.75) is 6.92 Å². The van der Waals surface area contributed by atoms with Gasteiger partial charge in [-0.1, -0.05) is 29.8 Å². The van der Waals surface area contributed by atoms with Crippen LogP contribution in [0.2, 0.25) is 0 Å². The van der Waals surface area contributed by atoms with E-state index in [-0.39, 0.29) is 5.91 Å². The van der Waals surface area contributed by atoms with Crippen LogP contribution in [0, 0.1) is 6.92 Å². The Hall–Kier alpha value is -2.53. The highest BCUT2D eigenvalue weighted by Crippen LogP contribution is 2.33. The number of amides is 1. The zero-order valence-electron chi connectivity index (χ0n) is 13.8. The molecule has 2 aromatic rings. The van der Waals surface area contributed by atoms with Crippen LogP contribution in [0.3, 0.4) is 0 Å². The van der Waals surface area contributed by atoms with Gasteiger partial charge in [0.05, 0.1) is 17.7 Å². The van der Waals surface area contributed by atoms with Crippen molar-refractivity contribution < 1.29 is 9.53 Å². The van der Waals surface area contributed by atoms with Crippen molar-refractivity contribution in [2.75, 3.05) is 14.2 Å². The second-order valence-electron chi connectivity index (χ2n) is 5.48. The molecule has 0 unspecified atom stereocenters. The van der Waals surface area contributed by atoms with Gasteiger partial charge in [-0.3, -0.25) is 9.69 Å². The lowest BCUT2D eigenvalue weighted by atomic mass is 10.2. The third-order valence-electron chi connectivity index (χ3n) is 3.68. The Bertz CT molecular complexity index is 808. The molecule has 1 fully saturated rings. The van der Waals surface area contributed by atoms with E-state index in [2.05, 4.69) is 4.99 Å². The first-order valence-electron chi connectivity index (χ1n) is 7.54. The number of hydrogen-bond acceptors (Lipinski definition) is 4.